The number of fused-ring (bicyclic) bond motifs is 3. The van der Waals surface area contributed by atoms with E-state index in [1.807, 2.05) is 67.6 Å². The predicted octanol–water partition coefficient (Wildman–Crippen LogP) is 5.44. The summed E-state index contributed by atoms with van der Waals surface area (Å²) in [5, 5.41) is 15.3. The molecule has 4 nitrogen and oxygen atoms in total. The SMILES string of the molecule is Cc1ccccc1C1c2c(ccc3ccccc23)NC(=O)C1C(=O)c1ccccc1O. The van der Waals surface area contributed by atoms with Gasteiger partial charge in [0.2, 0.25) is 5.91 Å². The number of phenols is 1. The highest BCUT2D eigenvalue weighted by molar-refractivity contribution is 6.18. The zero-order valence-corrected chi connectivity index (χ0v) is 17.0. The normalized spacial score (nSPS) is 17.8. The van der Waals surface area contributed by atoms with E-state index in [2.05, 4.69) is 5.32 Å². The van der Waals surface area contributed by atoms with Gasteiger partial charge in [0.1, 0.15) is 11.7 Å². The van der Waals surface area contributed by atoms with E-state index in [9.17, 15) is 14.7 Å². The van der Waals surface area contributed by atoms with E-state index in [4.69, 9.17) is 0 Å². The minimum Gasteiger partial charge on any atom is -0.507 e. The van der Waals surface area contributed by atoms with Crippen LogP contribution in [0.4, 0.5) is 5.69 Å². The Labute approximate surface area is 180 Å². The summed E-state index contributed by atoms with van der Waals surface area (Å²) in [6, 6.07) is 26.1. The molecule has 4 heteroatoms. The molecule has 2 unspecified atom stereocenters. The molecule has 0 aliphatic carbocycles. The summed E-state index contributed by atoms with van der Waals surface area (Å²) in [7, 11) is 0. The molecule has 1 aliphatic heterocycles. The van der Waals surface area contributed by atoms with Crippen LogP contribution in [0, 0.1) is 12.8 Å². The molecule has 0 saturated carbocycles. The standard InChI is InChI=1S/C27H21NO3/c1-16-8-2-4-10-18(16)24-23-19-11-5-3-9-17(19)14-15-21(23)28-27(31)25(24)26(30)20-12-6-7-13-22(20)29/h2-15,24-25,29H,1H3,(H,28,31). The van der Waals surface area contributed by atoms with Gasteiger partial charge in [-0.2, -0.15) is 0 Å². The second-order valence-electron chi connectivity index (χ2n) is 7.93. The first-order valence-electron chi connectivity index (χ1n) is 10.3. The lowest BCUT2D eigenvalue weighted by Gasteiger charge is -2.34. The number of carbonyl (C=O) groups is 2. The van der Waals surface area contributed by atoms with Gasteiger partial charge in [-0.1, -0.05) is 66.7 Å². The Morgan fingerprint density at radius 1 is 0.871 bits per heavy atom. The first-order chi connectivity index (χ1) is 15.1. The molecule has 4 aromatic rings. The number of carbonyl (C=O) groups excluding carboxylic acids is 2. The number of hydrogen-bond donors (Lipinski definition) is 2. The highest BCUT2D eigenvalue weighted by Crippen LogP contribution is 2.46. The minimum atomic E-state index is -0.993. The van der Waals surface area contributed by atoms with Gasteiger partial charge in [0.05, 0.1) is 5.56 Å². The third-order valence-electron chi connectivity index (χ3n) is 6.13. The van der Waals surface area contributed by atoms with Crippen LogP contribution in [0.25, 0.3) is 10.8 Å². The maximum atomic E-state index is 13.7. The van der Waals surface area contributed by atoms with Crippen molar-refractivity contribution in [2.45, 2.75) is 12.8 Å². The number of phenolic OH excluding ortho intramolecular Hbond substituents is 1. The number of anilines is 1. The van der Waals surface area contributed by atoms with Crippen LogP contribution in [0.3, 0.4) is 0 Å². The van der Waals surface area contributed by atoms with Crippen molar-refractivity contribution < 1.29 is 14.7 Å². The van der Waals surface area contributed by atoms with E-state index in [0.29, 0.717) is 0 Å². The van der Waals surface area contributed by atoms with Crippen LogP contribution in [0.2, 0.25) is 0 Å². The second kappa shape index (κ2) is 7.40. The topological polar surface area (TPSA) is 66.4 Å². The average Bonchev–Trinajstić information content (AvgIpc) is 2.78. The molecule has 31 heavy (non-hydrogen) atoms. The lowest BCUT2D eigenvalue weighted by Crippen LogP contribution is -2.39. The fourth-order valence-electron chi connectivity index (χ4n) is 4.66. The maximum absolute atomic E-state index is 13.7. The van der Waals surface area contributed by atoms with E-state index in [0.717, 1.165) is 33.2 Å². The third-order valence-corrected chi connectivity index (χ3v) is 6.13. The Hall–Kier alpha value is -3.92. The van der Waals surface area contributed by atoms with E-state index < -0.39 is 11.8 Å². The highest BCUT2D eigenvalue weighted by atomic mass is 16.3. The molecule has 0 bridgehead atoms. The average molecular weight is 407 g/mol. The summed E-state index contributed by atoms with van der Waals surface area (Å²) in [5.74, 6) is -2.32. The van der Waals surface area contributed by atoms with Crippen molar-refractivity contribution in [3.8, 4) is 5.75 Å². The van der Waals surface area contributed by atoms with Crippen molar-refractivity contribution in [1.82, 2.24) is 0 Å². The smallest absolute Gasteiger partial charge is 0.236 e. The summed E-state index contributed by atoms with van der Waals surface area (Å²) in [6.07, 6.45) is 0. The number of hydrogen-bond acceptors (Lipinski definition) is 3. The van der Waals surface area contributed by atoms with Gasteiger partial charge >= 0.3 is 0 Å². The summed E-state index contributed by atoms with van der Waals surface area (Å²) in [5.41, 5.74) is 3.75. The molecule has 152 valence electrons. The quantitative estimate of drug-likeness (QED) is 0.351. The molecule has 1 heterocycles. The van der Waals surface area contributed by atoms with Crippen LogP contribution in [0.15, 0.2) is 84.9 Å². The Morgan fingerprint density at radius 3 is 2.39 bits per heavy atom. The van der Waals surface area contributed by atoms with Crippen molar-refractivity contribution in [2.75, 3.05) is 5.32 Å². The van der Waals surface area contributed by atoms with Gasteiger partial charge in [-0.25, -0.2) is 0 Å². The molecule has 1 aliphatic rings. The van der Waals surface area contributed by atoms with Crippen LogP contribution in [0.5, 0.6) is 5.75 Å². The monoisotopic (exact) mass is 407 g/mol. The van der Waals surface area contributed by atoms with E-state index in [1.54, 1.807) is 18.2 Å². The van der Waals surface area contributed by atoms with E-state index >= 15 is 0 Å². The van der Waals surface area contributed by atoms with Crippen LogP contribution in [0.1, 0.15) is 33.0 Å². The number of aromatic hydroxyl groups is 1. The Morgan fingerprint density at radius 2 is 1.58 bits per heavy atom. The van der Waals surface area contributed by atoms with E-state index in [1.165, 1.54) is 6.07 Å². The van der Waals surface area contributed by atoms with Crippen molar-refractivity contribution in [3.63, 3.8) is 0 Å². The number of aryl methyl sites for hydroxylation is 1. The van der Waals surface area contributed by atoms with Gasteiger partial charge in [-0.05, 0) is 52.6 Å². The summed E-state index contributed by atoms with van der Waals surface area (Å²) >= 11 is 0. The molecule has 0 radical (unpaired) electrons. The molecule has 0 saturated heterocycles. The molecule has 1 amide bonds. The van der Waals surface area contributed by atoms with Crippen LogP contribution < -0.4 is 5.32 Å². The van der Waals surface area contributed by atoms with Crippen molar-refractivity contribution in [1.29, 1.82) is 0 Å². The summed E-state index contributed by atoms with van der Waals surface area (Å²) in [4.78, 5) is 27.0. The minimum absolute atomic E-state index is 0.118. The maximum Gasteiger partial charge on any atom is 0.236 e. The molecule has 0 aromatic heterocycles. The number of benzene rings is 4. The number of amides is 1. The largest absolute Gasteiger partial charge is 0.507 e. The number of Topliss-reactive ketones (excluding diaryl/α,β-unsaturated/α-hetero) is 1. The van der Waals surface area contributed by atoms with Gasteiger partial charge in [0.25, 0.3) is 0 Å². The lowest BCUT2D eigenvalue weighted by atomic mass is 9.71. The Bertz CT molecular complexity index is 1340. The Kier molecular flexibility index (Phi) is 4.55. The molecule has 2 atom stereocenters. The number of rotatable bonds is 3. The van der Waals surface area contributed by atoms with Gasteiger partial charge in [0, 0.05) is 11.6 Å². The zero-order valence-electron chi connectivity index (χ0n) is 17.0. The van der Waals surface area contributed by atoms with Crippen molar-refractivity contribution >= 4 is 28.2 Å². The van der Waals surface area contributed by atoms with E-state index in [-0.39, 0.29) is 23.0 Å². The van der Waals surface area contributed by atoms with Crippen LogP contribution in [-0.4, -0.2) is 16.8 Å². The Balaban J connectivity index is 1.80. The molecule has 0 spiro atoms. The number of ketones is 1. The highest BCUT2D eigenvalue weighted by Gasteiger charge is 2.43. The summed E-state index contributed by atoms with van der Waals surface area (Å²) < 4.78 is 0. The first kappa shape index (κ1) is 19.1. The molecule has 2 N–H and O–H groups in total. The van der Waals surface area contributed by atoms with Crippen molar-refractivity contribution in [2.24, 2.45) is 5.92 Å². The third kappa shape index (κ3) is 3.08. The zero-order chi connectivity index (χ0) is 21.5. The predicted molar refractivity (Wildman–Crippen MR) is 122 cm³/mol. The van der Waals surface area contributed by atoms with Gasteiger partial charge < -0.3 is 10.4 Å². The molecule has 4 aromatic carbocycles. The number of nitrogens with one attached hydrogen (secondary N) is 1. The molecule has 5 rings (SSSR count). The summed E-state index contributed by atoms with van der Waals surface area (Å²) in [6.45, 7) is 1.99. The molecular formula is C27H21NO3. The first-order valence-corrected chi connectivity index (χ1v) is 10.3. The molecular weight excluding hydrogens is 386 g/mol. The van der Waals surface area contributed by atoms with Gasteiger partial charge in [0.15, 0.2) is 5.78 Å². The fourth-order valence-corrected chi connectivity index (χ4v) is 4.66. The number of para-hydroxylation sites is 1. The van der Waals surface area contributed by atoms with Crippen LogP contribution >= 0.6 is 0 Å². The van der Waals surface area contributed by atoms with Crippen LogP contribution in [-0.2, 0) is 4.79 Å². The van der Waals surface area contributed by atoms with Crippen molar-refractivity contribution in [3.05, 3.63) is 107 Å². The second-order valence-corrected chi connectivity index (χ2v) is 7.93. The van der Waals surface area contributed by atoms with Gasteiger partial charge in [-0.3, -0.25) is 9.59 Å². The lowest BCUT2D eigenvalue weighted by molar-refractivity contribution is -0.119. The van der Waals surface area contributed by atoms with Gasteiger partial charge in [-0.15, -0.1) is 0 Å². The molecule has 0 fully saturated rings. The fraction of sp³-hybridized carbons (Fsp3) is 0.111.